The second kappa shape index (κ2) is 7.14. The Labute approximate surface area is 145 Å². The molecule has 124 valence electrons. The second-order valence-electron chi connectivity index (χ2n) is 6.43. The molecule has 2 fully saturated rings. The van der Waals surface area contributed by atoms with E-state index in [9.17, 15) is 9.59 Å². The third-order valence-corrected chi connectivity index (χ3v) is 6.04. The zero-order chi connectivity index (χ0) is 16.4. The van der Waals surface area contributed by atoms with Crippen LogP contribution in [0.3, 0.4) is 0 Å². The van der Waals surface area contributed by atoms with Crippen LogP contribution in [0.1, 0.15) is 23.7 Å². The van der Waals surface area contributed by atoms with Crippen LogP contribution in [0.4, 0.5) is 0 Å². The van der Waals surface area contributed by atoms with E-state index in [1.54, 1.807) is 18.2 Å². The van der Waals surface area contributed by atoms with Gasteiger partial charge in [-0.15, -0.1) is 0 Å². The molecular weight excluding hydrogens is 332 g/mol. The molecule has 1 aromatic rings. The first-order chi connectivity index (χ1) is 11.0. The van der Waals surface area contributed by atoms with Crippen molar-refractivity contribution in [3.63, 3.8) is 0 Å². The summed E-state index contributed by atoms with van der Waals surface area (Å²) in [6, 6.07) is 7.13. The predicted molar refractivity (Wildman–Crippen MR) is 93.9 cm³/mol. The summed E-state index contributed by atoms with van der Waals surface area (Å²) >= 11 is 7.88. The van der Waals surface area contributed by atoms with Crippen molar-refractivity contribution in [1.29, 1.82) is 0 Å². The Kier molecular flexibility index (Phi) is 5.17. The lowest BCUT2D eigenvalue weighted by Crippen LogP contribution is -2.55. The SMILES string of the molecule is CC(CC1CN(C(=O)C2CSC2)C1)NC(=O)c1ccccc1Cl. The molecule has 1 atom stereocenters. The van der Waals surface area contributed by atoms with Gasteiger partial charge in [-0.25, -0.2) is 0 Å². The van der Waals surface area contributed by atoms with Gasteiger partial charge < -0.3 is 10.2 Å². The van der Waals surface area contributed by atoms with E-state index < -0.39 is 0 Å². The molecule has 2 amide bonds. The number of carbonyl (C=O) groups excluding carboxylic acids is 2. The molecule has 2 saturated heterocycles. The highest BCUT2D eigenvalue weighted by Gasteiger charge is 2.37. The van der Waals surface area contributed by atoms with Crippen molar-refractivity contribution in [3.05, 3.63) is 34.9 Å². The highest BCUT2D eigenvalue weighted by molar-refractivity contribution is 8.00. The maximum Gasteiger partial charge on any atom is 0.252 e. The molecule has 0 aromatic heterocycles. The third-order valence-electron chi connectivity index (χ3n) is 4.44. The maximum absolute atomic E-state index is 12.2. The normalized spacial score (nSPS) is 19.7. The number of nitrogens with zero attached hydrogens (tertiary/aromatic N) is 1. The summed E-state index contributed by atoms with van der Waals surface area (Å²) < 4.78 is 0. The summed E-state index contributed by atoms with van der Waals surface area (Å²) in [4.78, 5) is 26.2. The van der Waals surface area contributed by atoms with Gasteiger partial charge in [0.05, 0.1) is 16.5 Å². The molecule has 0 aliphatic carbocycles. The van der Waals surface area contributed by atoms with E-state index in [1.807, 2.05) is 29.7 Å². The topological polar surface area (TPSA) is 49.4 Å². The minimum Gasteiger partial charge on any atom is -0.350 e. The van der Waals surface area contributed by atoms with Crippen LogP contribution in [-0.2, 0) is 4.79 Å². The lowest BCUT2D eigenvalue weighted by atomic mass is 9.91. The van der Waals surface area contributed by atoms with E-state index in [0.717, 1.165) is 31.0 Å². The Morgan fingerprint density at radius 1 is 1.35 bits per heavy atom. The van der Waals surface area contributed by atoms with Gasteiger partial charge in [0.1, 0.15) is 0 Å². The first kappa shape index (κ1) is 16.7. The summed E-state index contributed by atoms with van der Waals surface area (Å²) in [6.07, 6.45) is 0.888. The van der Waals surface area contributed by atoms with E-state index in [4.69, 9.17) is 11.6 Å². The lowest BCUT2D eigenvalue weighted by molar-refractivity contribution is -0.141. The highest BCUT2D eigenvalue weighted by atomic mass is 35.5. The fraction of sp³-hybridized carbons (Fsp3) is 0.529. The van der Waals surface area contributed by atoms with Gasteiger partial charge in [-0.1, -0.05) is 23.7 Å². The van der Waals surface area contributed by atoms with Gasteiger partial charge in [-0.05, 0) is 31.4 Å². The van der Waals surface area contributed by atoms with Crippen molar-refractivity contribution in [2.75, 3.05) is 24.6 Å². The molecule has 2 heterocycles. The molecule has 1 aromatic carbocycles. The molecule has 2 aliphatic heterocycles. The standard InChI is InChI=1S/C17H21ClN2O2S/c1-11(19-16(21)14-4-2-3-5-15(14)18)6-12-7-20(8-12)17(22)13-9-23-10-13/h2-5,11-13H,6-10H2,1H3,(H,19,21). The van der Waals surface area contributed by atoms with Crippen LogP contribution >= 0.6 is 23.4 Å². The van der Waals surface area contributed by atoms with Crippen LogP contribution in [0.25, 0.3) is 0 Å². The molecule has 2 aliphatic rings. The smallest absolute Gasteiger partial charge is 0.252 e. The minimum absolute atomic E-state index is 0.0697. The quantitative estimate of drug-likeness (QED) is 0.886. The van der Waals surface area contributed by atoms with E-state index in [2.05, 4.69) is 5.32 Å². The zero-order valence-corrected chi connectivity index (χ0v) is 14.7. The molecular formula is C17H21ClN2O2S. The fourth-order valence-electron chi connectivity index (χ4n) is 3.04. The van der Waals surface area contributed by atoms with Crippen LogP contribution in [0.5, 0.6) is 0 Å². The van der Waals surface area contributed by atoms with Gasteiger partial charge in [0.15, 0.2) is 0 Å². The molecule has 1 unspecified atom stereocenters. The third kappa shape index (κ3) is 3.83. The van der Waals surface area contributed by atoms with Crippen molar-refractivity contribution in [1.82, 2.24) is 10.2 Å². The van der Waals surface area contributed by atoms with Crippen molar-refractivity contribution in [2.45, 2.75) is 19.4 Å². The monoisotopic (exact) mass is 352 g/mol. The van der Waals surface area contributed by atoms with E-state index in [-0.39, 0.29) is 17.9 Å². The number of benzene rings is 1. The summed E-state index contributed by atoms with van der Waals surface area (Å²) in [6.45, 7) is 3.65. The molecule has 0 radical (unpaired) electrons. The van der Waals surface area contributed by atoms with Crippen LogP contribution in [-0.4, -0.2) is 47.4 Å². The minimum atomic E-state index is -0.137. The van der Waals surface area contributed by atoms with Crippen LogP contribution in [0.2, 0.25) is 5.02 Å². The Hall–Kier alpha value is -1.20. The van der Waals surface area contributed by atoms with Crippen LogP contribution in [0.15, 0.2) is 24.3 Å². The van der Waals surface area contributed by atoms with Gasteiger partial charge in [0.25, 0.3) is 5.91 Å². The lowest BCUT2D eigenvalue weighted by Gasteiger charge is -2.43. The number of hydrogen-bond donors (Lipinski definition) is 1. The molecule has 23 heavy (non-hydrogen) atoms. The van der Waals surface area contributed by atoms with E-state index >= 15 is 0 Å². The van der Waals surface area contributed by atoms with E-state index in [1.165, 1.54) is 0 Å². The molecule has 3 rings (SSSR count). The highest BCUT2D eigenvalue weighted by Crippen LogP contribution is 2.30. The number of thioether (sulfide) groups is 1. The number of amides is 2. The summed E-state index contributed by atoms with van der Waals surface area (Å²) in [5, 5.41) is 3.46. The number of hydrogen-bond acceptors (Lipinski definition) is 3. The summed E-state index contributed by atoms with van der Waals surface area (Å²) in [7, 11) is 0. The van der Waals surface area contributed by atoms with Crippen molar-refractivity contribution in [2.24, 2.45) is 11.8 Å². The van der Waals surface area contributed by atoms with Crippen molar-refractivity contribution < 1.29 is 9.59 Å². The molecule has 0 saturated carbocycles. The fourth-order valence-corrected chi connectivity index (χ4v) is 4.02. The molecule has 1 N–H and O–H groups in total. The Bertz CT molecular complexity index is 600. The first-order valence-corrected chi connectivity index (χ1v) is 9.49. The molecule has 6 heteroatoms. The Morgan fingerprint density at radius 2 is 2.04 bits per heavy atom. The number of nitrogens with one attached hydrogen (secondary N) is 1. The van der Waals surface area contributed by atoms with Crippen molar-refractivity contribution in [3.8, 4) is 0 Å². The summed E-state index contributed by atoms with van der Waals surface area (Å²) in [5.74, 6) is 2.86. The average molecular weight is 353 g/mol. The molecule has 0 bridgehead atoms. The Morgan fingerprint density at radius 3 is 2.65 bits per heavy atom. The number of rotatable bonds is 5. The van der Waals surface area contributed by atoms with Gasteiger partial charge in [0.2, 0.25) is 5.91 Å². The van der Waals surface area contributed by atoms with Gasteiger partial charge >= 0.3 is 0 Å². The molecule has 0 spiro atoms. The number of likely N-dealkylation sites (tertiary alicyclic amines) is 1. The second-order valence-corrected chi connectivity index (χ2v) is 7.92. The molecule has 4 nitrogen and oxygen atoms in total. The maximum atomic E-state index is 12.2. The van der Waals surface area contributed by atoms with Gasteiger partial charge in [-0.2, -0.15) is 11.8 Å². The number of halogens is 1. The van der Waals surface area contributed by atoms with Crippen LogP contribution in [0, 0.1) is 11.8 Å². The van der Waals surface area contributed by atoms with Crippen LogP contribution < -0.4 is 5.32 Å². The number of carbonyl (C=O) groups is 2. The van der Waals surface area contributed by atoms with E-state index in [0.29, 0.717) is 22.4 Å². The van der Waals surface area contributed by atoms with Gasteiger partial charge in [0, 0.05) is 30.6 Å². The van der Waals surface area contributed by atoms with Crippen molar-refractivity contribution >= 4 is 35.2 Å². The Balaban J connectivity index is 1.42. The predicted octanol–water partition coefficient (Wildman–Crippen LogP) is 2.67. The first-order valence-electron chi connectivity index (χ1n) is 7.96. The van der Waals surface area contributed by atoms with Gasteiger partial charge in [-0.3, -0.25) is 9.59 Å². The summed E-state index contributed by atoms with van der Waals surface area (Å²) in [5.41, 5.74) is 0.508. The largest absolute Gasteiger partial charge is 0.350 e. The average Bonchev–Trinajstić information content (AvgIpc) is 2.40. The zero-order valence-electron chi connectivity index (χ0n) is 13.1.